The third-order valence-corrected chi connectivity index (χ3v) is 4.09. The van der Waals surface area contributed by atoms with E-state index in [-0.39, 0.29) is 18.1 Å². The highest BCUT2D eigenvalue weighted by Crippen LogP contribution is 2.27. The van der Waals surface area contributed by atoms with E-state index in [1.165, 1.54) is 10.5 Å². The monoisotopic (exact) mass is 266 g/mol. The zero-order valence-electron chi connectivity index (χ0n) is 10.4. The normalized spacial score (nSPS) is 23.0. The highest BCUT2D eigenvalue weighted by Gasteiger charge is 2.30. The second-order valence-corrected chi connectivity index (χ2v) is 5.55. The molecule has 18 heavy (non-hydrogen) atoms. The van der Waals surface area contributed by atoms with Gasteiger partial charge in [0.2, 0.25) is 0 Å². The van der Waals surface area contributed by atoms with E-state index in [1.807, 2.05) is 0 Å². The number of benzene rings is 1. The van der Waals surface area contributed by atoms with Crippen molar-refractivity contribution >= 4 is 17.7 Å². The fraction of sp³-hybridized carbons (Fsp3) is 0.462. The van der Waals surface area contributed by atoms with E-state index in [2.05, 4.69) is 36.6 Å². The average Bonchev–Trinajstić information content (AvgIpc) is 2.84. The summed E-state index contributed by atoms with van der Waals surface area (Å²) in [5.41, 5.74) is 3.40. The summed E-state index contributed by atoms with van der Waals surface area (Å²) in [5.74, 6) is 5.74. The minimum atomic E-state index is -0.377. The van der Waals surface area contributed by atoms with Crippen molar-refractivity contribution in [2.45, 2.75) is 36.9 Å². The van der Waals surface area contributed by atoms with Crippen LogP contribution in [0.4, 0.5) is 0 Å². The summed E-state index contributed by atoms with van der Waals surface area (Å²) in [6, 6.07) is 8.38. The number of ether oxygens (including phenoxy) is 1. The van der Waals surface area contributed by atoms with Crippen molar-refractivity contribution in [3.63, 3.8) is 0 Å². The lowest BCUT2D eigenvalue weighted by Gasteiger charge is -2.12. The molecule has 1 fully saturated rings. The molecule has 0 bridgehead atoms. The summed E-state index contributed by atoms with van der Waals surface area (Å²) < 4.78 is 5.65. The lowest BCUT2D eigenvalue weighted by Crippen LogP contribution is -2.39. The number of carbonyl (C=O) groups excluding carboxylic acids is 1. The first-order valence-electron chi connectivity index (χ1n) is 6.04. The second kappa shape index (κ2) is 6.22. The lowest BCUT2D eigenvalue weighted by molar-refractivity contribution is -0.131. The Morgan fingerprint density at radius 3 is 3.11 bits per heavy atom. The third kappa shape index (κ3) is 3.48. The van der Waals surface area contributed by atoms with E-state index < -0.39 is 0 Å². The predicted molar refractivity (Wildman–Crippen MR) is 72.1 cm³/mol. The van der Waals surface area contributed by atoms with Crippen LogP contribution in [0.25, 0.3) is 0 Å². The van der Waals surface area contributed by atoms with Crippen LogP contribution in [0.15, 0.2) is 29.2 Å². The number of nitrogens with one attached hydrogen (secondary N) is 1. The molecule has 4 nitrogen and oxygen atoms in total. The first-order valence-corrected chi connectivity index (χ1v) is 7.03. The lowest BCUT2D eigenvalue weighted by atomic mass is 10.2. The Labute approximate surface area is 111 Å². The first kappa shape index (κ1) is 13.4. The smallest absolute Gasteiger partial charge is 0.263 e. The summed E-state index contributed by atoms with van der Waals surface area (Å²) in [7, 11) is 0. The van der Waals surface area contributed by atoms with E-state index in [9.17, 15) is 4.79 Å². The summed E-state index contributed by atoms with van der Waals surface area (Å²) in [5, 5.41) is 0. The van der Waals surface area contributed by atoms with Crippen LogP contribution in [0.1, 0.15) is 18.4 Å². The molecule has 1 aliphatic heterocycles. The molecule has 1 heterocycles. The Bertz CT molecular complexity index is 425. The van der Waals surface area contributed by atoms with E-state index in [0.29, 0.717) is 0 Å². The van der Waals surface area contributed by atoms with Crippen molar-refractivity contribution in [1.82, 2.24) is 5.43 Å². The van der Waals surface area contributed by atoms with Crippen LogP contribution < -0.4 is 11.3 Å². The van der Waals surface area contributed by atoms with Crippen molar-refractivity contribution in [3.05, 3.63) is 29.8 Å². The molecule has 3 N–H and O–H groups in total. The van der Waals surface area contributed by atoms with Crippen molar-refractivity contribution in [2.24, 2.45) is 5.84 Å². The van der Waals surface area contributed by atoms with Gasteiger partial charge in [-0.15, -0.1) is 11.8 Å². The second-order valence-electron chi connectivity index (χ2n) is 4.46. The maximum Gasteiger partial charge on any atom is 0.263 e. The van der Waals surface area contributed by atoms with E-state index in [0.717, 1.165) is 18.6 Å². The molecule has 0 spiro atoms. The first-order chi connectivity index (χ1) is 8.69. The predicted octanol–water partition coefficient (Wildman–Crippen LogP) is 1.62. The minimum Gasteiger partial charge on any atom is -0.364 e. The minimum absolute atomic E-state index is 0.137. The van der Waals surface area contributed by atoms with Crippen LogP contribution in [0, 0.1) is 6.92 Å². The van der Waals surface area contributed by atoms with Gasteiger partial charge in [-0.2, -0.15) is 0 Å². The van der Waals surface area contributed by atoms with Gasteiger partial charge in [0.1, 0.15) is 6.10 Å². The molecule has 5 heteroatoms. The Morgan fingerprint density at radius 2 is 2.39 bits per heavy atom. The van der Waals surface area contributed by atoms with Crippen LogP contribution in [0.5, 0.6) is 0 Å². The molecule has 1 aromatic rings. The van der Waals surface area contributed by atoms with Gasteiger partial charge in [0.15, 0.2) is 0 Å². The number of aryl methyl sites for hydroxylation is 1. The fourth-order valence-electron chi connectivity index (χ4n) is 2.01. The fourth-order valence-corrected chi connectivity index (χ4v) is 3.08. The van der Waals surface area contributed by atoms with Crippen molar-refractivity contribution in [2.75, 3.05) is 5.75 Å². The number of hydrogen-bond acceptors (Lipinski definition) is 4. The Balaban J connectivity index is 1.80. The molecular formula is C13H18N2O2S. The highest BCUT2D eigenvalue weighted by atomic mass is 32.2. The Hall–Kier alpha value is -1.04. The zero-order chi connectivity index (χ0) is 13.0. The maximum atomic E-state index is 11.3. The number of carbonyl (C=O) groups is 1. The van der Waals surface area contributed by atoms with Gasteiger partial charge in [-0.3, -0.25) is 10.2 Å². The van der Waals surface area contributed by atoms with Crippen molar-refractivity contribution in [1.29, 1.82) is 0 Å². The molecule has 0 saturated carbocycles. The van der Waals surface area contributed by atoms with Crippen LogP contribution in [-0.4, -0.2) is 23.9 Å². The molecule has 1 saturated heterocycles. The zero-order valence-corrected chi connectivity index (χ0v) is 11.2. The summed E-state index contributed by atoms with van der Waals surface area (Å²) in [6.45, 7) is 2.08. The van der Waals surface area contributed by atoms with E-state index >= 15 is 0 Å². The van der Waals surface area contributed by atoms with Gasteiger partial charge in [0.25, 0.3) is 5.91 Å². The van der Waals surface area contributed by atoms with Gasteiger partial charge in [-0.25, -0.2) is 5.84 Å². The quantitative estimate of drug-likeness (QED) is 0.376. The SMILES string of the molecule is Cc1cccc(SCC2CCC(C(=O)NN)O2)c1. The molecule has 1 amide bonds. The van der Waals surface area contributed by atoms with Crippen molar-refractivity contribution < 1.29 is 9.53 Å². The Kier molecular flexibility index (Phi) is 4.63. The average molecular weight is 266 g/mol. The standard InChI is InChI=1S/C13H18N2O2S/c1-9-3-2-4-11(7-9)18-8-10-5-6-12(17-10)13(16)15-14/h2-4,7,10,12H,5-6,8,14H2,1H3,(H,15,16). The molecule has 1 aliphatic rings. The van der Waals surface area contributed by atoms with Crippen LogP contribution in [-0.2, 0) is 9.53 Å². The van der Waals surface area contributed by atoms with Gasteiger partial charge >= 0.3 is 0 Å². The molecule has 98 valence electrons. The number of hydrazine groups is 1. The molecule has 2 rings (SSSR count). The number of nitrogens with two attached hydrogens (primary N) is 1. The van der Waals surface area contributed by atoms with Crippen molar-refractivity contribution in [3.8, 4) is 0 Å². The number of amides is 1. The van der Waals surface area contributed by atoms with Crippen LogP contribution >= 0.6 is 11.8 Å². The Morgan fingerprint density at radius 1 is 1.56 bits per heavy atom. The largest absolute Gasteiger partial charge is 0.364 e. The third-order valence-electron chi connectivity index (χ3n) is 2.97. The molecule has 1 aromatic carbocycles. The number of thioether (sulfide) groups is 1. The number of rotatable bonds is 4. The molecule has 0 radical (unpaired) electrons. The van der Waals surface area contributed by atoms with Crippen LogP contribution in [0.2, 0.25) is 0 Å². The molecule has 0 aliphatic carbocycles. The summed E-state index contributed by atoms with van der Waals surface area (Å²) in [6.07, 6.45) is 1.43. The molecule has 0 aromatic heterocycles. The van der Waals surface area contributed by atoms with Gasteiger partial charge in [0.05, 0.1) is 6.10 Å². The van der Waals surface area contributed by atoms with Gasteiger partial charge in [0, 0.05) is 10.6 Å². The molecular weight excluding hydrogens is 248 g/mol. The number of hydrogen-bond donors (Lipinski definition) is 2. The van der Waals surface area contributed by atoms with E-state index in [4.69, 9.17) is 10.6 Å². The maximum absolute atomic E-state index is 11.3. The van der Waals surface area contributed by atoms with E-state index in [1.54, 1.807) is 11.8 Å². The van der Waals surface area contributed by atoms with Gasteiger partial charge in [-0.1, -0.05) is 17.7 Å². The highest BCUT2D eigenvalue weighted by molar-refractivity contribution is 7.99. The van der Waals surface area contributed by atoms with Gasteiger partial charge in [-0.05, 0) is 31.9 Å². The molecule has 2 atom stereocenters. The topological polar surface area (TPSA) is 64.4 Å². The summed E-state index contributed by atoms with van der Waals surface area (Å²) in [4.78, 5) is 12.6. The van der Waals surface area contributed by atoms with Crippen LogP contribution in [0.3, 0.4) is 0 Å². The summed E-state index contributed by atoms with van der Waals surface area (Å²) >= 11 is 1.77. The van der Waals surface area contributed by atoms with Gasteiger partial charge < -0.3 is 4.74 Å². The molecule has 2 unspecified atom stereocenters.